The molecule has 2 rings (SSSR count). The molecular formula is C15H18N2O4. The van der Waals surface area contributed by atoms with E-state index in [-0.39, 0.29) is 29.4 Å². The van der Waals surface area contributed by atoms with Gasteiger partial charge in [-0.2, -0.15) is 0 Å². The minimum Gasteiger partial charge on any atom is -0.483 e. The number of ether oxygens (including phenoxy) is 1. The van der Waals surface area contributed by atoms with Crippen molar-refractivity contribution in [2.24, 2.45) is 5.41 Å². The topological polar surface area (TPSA) is 81.5 Å². The number of benzene rings is 1. The van der Waals surface area contributed by atoms with Crippen molar-refractivity contribution < 1.29 is 14.5 Å². The first-order valence-electron chi connectivity index (χ1n) is 6.86. The second-order valence-corrected chi connectivity index (χ2v) is 5.13. The number of amides is 1. The number of rotatable bonds is 7. The van der Waals surface area contributed by atoms with Gasteiger partial charge in [0, 0.05) is 17.2 Å². The van der Waals surface area contributed by atoms with E-state index in [1.165, 1.54) is 18.2 Å². The Labute approximate surface area is 122 Å². The first-order valence-corrected chi connectivity index (χ1v) is 6.86. The van der Waals surface area contributed by atoms with Crippen molar-refractivity contribution in [3.05, 3.63) is 41.0 Å². The Bertz CT molecular complexity index is 579. The Hall–Kier alpha value is -2.37. The van der Waals surface area contributed by atoms with Crippen LogP contribution in [0, 0.1) is 15.5 Å². The third-order valence-corrected chi connectivity index (χ3v) is 3.78. The van der Waals surface area contributed by atoms with Gasteiger partial charge in [0.1, 0.15) is 6.61 Å². The van der Waals surface area contributed by atoms with E-state index in [9.17, 15) is 14.9 Å². The van der Waals surface area contributed by atoms with Crippen LogP contribution in [0.25, 0.3) is 0 Å². The molecule has 112 valence electrons. The zero-order chi connectivity index (χ0) is 15.5. The first kappa shape index (κ1) is 15.0. The van der Waals surface area contributed by atoms with E-state index < -0.39 is 4.92 Å². The average Bonchev–Trinajstić information content (AvgIpc) is 3.26. The number of nitro benzene ring substituents is 1. The smallest absolute Gasteiger partial charge is 0.313 e. The standard InChI is InChI=1S/C15H18N2O4/c1-3-9-21-13-6-5-11(10-12(13)17(19)20)16-14(18)15(4-2)7-8-15/h3,5-6,10H,1,4,7-9H2,2H3,(H,16,18). The molecule has 6 nitrogen and oxygen atoms in total. The summed E-state index contributed by atoms with van der Waals surface area (Å²) in [6, 6.07) is 4.42. The van der Waals surface area contributed by atoms with E-state index in [1.54, 1.807) is 6.07 Å². The predicted molar refractivity (Wildman–Crippen MR) is 79.4 cm³/mol. The lowest BCUT2D eigenvalue weighted by molar-refractivity contribution is -0.385. The summed E-state index contributed by atoms with van der Waals surface area (Å²) in [4.78, 5) is 22.7. The van der Waals surface area contributed by atoms with Crippen molar-refractivity contribution in [3.63, 3.8) is 0 Å². The molecule has 1 saturated carbocycles. The van der Waals surface area contributed by atoms with Crippen LogP contribution in [-0.2, 0) is 4.79 Å². The lowest BCUT2D eigenvalue weighted by Gasteiger charge is -2.13. The molecule has 0 bridgehead atoms. The molecule has 1 amide bonds. The molecule has 1 fully saturated rings. The fourth-order valence-corrected chi connectivity index (χ4v) is 2.16. The molecule has 1 aliphatic rings. The summed E-state index contributed by atoms with van der Waals surface area (Å²) < 4.78 is 5.24. The summed E-state index contributed by atoms with van der Waals surface area (Å²) in [6.07, 6.45) is 4.04. The predicted octanol–water partition coefficient (Wildman–Crippen LogP) is 3.29. The summed E-state index contributed by atoms with van der Waals surface area (Å²) in [5, 5.41) is 13.8. The van der Waals surface area contributed by atoms with Crippen LogP contribution in [0.3, 0.4) is 0 Å². The SMILES string of the molecule is C=CCOc1ccc(NC(=O)C2(CC)CC2)cc1[N+](=O)[O-]. The molecule has 0 spiro atoms. The number of hydrogen-bond acceptors (Lipinski definition) is 4. The number of nitrogens with zero attached hydrogens (tertiary/aromatic N) is 1. The summed E-state index contributed by atoms with van der Waals surface area (Å²) in [7, 11) is 0. The van der Waals surface area contributed by atoms with Gasteiger partial charge in [-0.1, -0.05) is 19.6 Å². The van der Waals surface area contributed by atoms with E-state index in [2.05, 4.69) is 11.9 Å². The van der Waals surface area contributed by atoms with Crippen molar-refractivity contribution >= 4 is 17.3 Å². The molecule has 0 radical (unpaired) electrons. The van der Waals surface area contributed by atoms with Crippen LogP contribution in [0.4, 0.5) is 11.4 Å². The van der Waals surface area contributed by atoms with E-state index in [1.807, 2.05) is 6.92 Å². The molecule has 0 aromatic heterocycles. The van der Waals surface area contributed by atoms with Crippen molar-refractivity contribution in [2.45, 2.75) is 26.2 Å². The fraction of sp³-hybridized carbons (Fsp3) is 0.400. The van der Waals surface area contributed by atoms with Crippen LogP contribution < -0.4 is 10.1 Å². The summed E-state index contributed by atoms with van der Waals surface area (Å²) in [5.41, 5.74) is -0.0411. The van der Waals surface area contributed by atoms with Crippen LogP contribution >= 0.6 is 0 Å². The molecule has 0 aliphatic heterocycles. The Morgan fingerprint density at radius 1 is 1.57 bits per heavy atom. The van der Waals surface area contributed by atoms with Crippen molar-refractivity contribution in [1.82, 2.24) is 0 Å². The Kier molecular flexibility index (Phi) is 4.26. The summed E-state index contributed by atoms with van der Waals surface area (Å²) >= 11 is 0. The largest absolute Gasteiger partial charge is 0.483 e. The van der Waals surface area contributed by atoms with Crippen molar-refractivity contribution in [1.29, 1.82) is 0 Å². The zero-order valence-electron chi connectivity index (χ0n) is 11.9. The molecule has 6 heteroatoms. The molecular weight excluding hydrogens is 272 g/mol. The maximum absolute atomic E-state index is 12.1. The van der Waals surface area contributed by atoms with Crippen molar-refractivity contribution in [2.75, 3.05) is 11.9 Å². The molecule has 0 saturated heterocycles. The monoisotopic (exact) mass is 290 g/mol. The van der Waals surface area contributed by atoms with Crippen LogP contribution in [0.15, 0.2) is 30.9 Å². The third kappa shape index (κ3) is 3.21. The van der Waals surface area contributed by atoms with Gasteiger partial charge in [-0.15, -0.1) is 0 Å². The first-order chi connectivity index (χ1) is 10.0. The Balaban J connectivity index is 2.17. The lowest BCUT2D eigenvalue weighted by Crippen LogP contribution is -2.23. The second kappa shape index (κ2) is 5.95. The highest BCUT2D eigenvalue weighted by molar-refractivity contribution is 5.97. The quantitative estimate of drug-likeness (QED) is 0.474. The highest BCUT2D eigenvalue weighted by Crippen LogP contribution is 2.49. The van der Waals surface area contributed by atoms with Gasteiger partial charge in [0.2, 0.25) is 5.91 Å². The van der Waals surface area contributed by atoms with Gasteiger partial charge in [0.15, 0.2) is 5.75 Å². The zero-order valence-corrected chi connectivity index (χ0v) is 11.9. The summed E-state index contributed by atoms with van der Waals surface area (Å²) in [6.45, 7) is 5.66. The highest BCUT2D eigenvalue weighted by Gasteiger charge is 2.47. The molecule has 0 unspecified atom stereocenters. The number of nitrogens with one attached hydrogen (secondary N) is 1. The second-order valence-electron chi connectivity index (χ2n) is 5.13. The minimum absolute atomic E-state index is 0.0703. The number of anilines is 1. The molecule has 0 heterocycles. The highest BCUT2D eigenvalue weighted by atomic mass is 16.6. The van der Waals surface area contributed by atoms with Gasteiger partial charge >= 0.3 is 5.69 Å². The maximum atomic E-state index is 12.1. The molecule has 0 atom stereocenters. The normalized spacial score (nSPS) is 15.1. The van der Waals surface area contributed by atoms with E-state index in [0.29, 0.717) is 5.69 Å². The molecule has 1 aliphatic carbocycles. The Morgan fingerprint density at radius 2 is 2.29 bits per heavy atom. The van der Waals surface area contributed by atoms with Gasteiger partial charge in [0.05, 0.1) is 4.92 Å². The van der Waals surface area contributed by atoms with Gasteiger partial charge < -0.3 is 10.1 Å². The van der Waals surface area contributed by atoms with Crippen LogP contribution in [0.1, 0.15) is 26.2 Å². The van der Waals surface area contributed by atoms with E-state index >= 15 is 0 Å². The molecule has 1 N–H and O–H groups in total. The van der Waals surface area contributed by atoms with Gasteiger partial charge in [-0.05, 0) is 31.4 Å². The Morgan fingerprint density at radius 3 is 2.81 bits per heavy atom. The van der Waals surface area contributed by atoms with Crippen molar-refractivity contribution in [3.8, 4) is 5.75 Å². The van der Waals surface area contributed by atoms with Gasteiger partial charge in [0.25, 0.3) is 0 Å². The number of carbonyl (C=O) groups is 1. The molecule has 21 heavy (non-hydrogen) atoms. The third-order valence-electron chi connectivity index (χ3n) is 3.78. The van der Waals surface area contributed by atoms with E-state index in [4.69, 9.17) is 4.74 Å². The summed E-state index contributed by atoms with van der Waals surface area (Å²) in [5.74, 6) is 0.0913. The lowest BCUT2D eigenvalue weighted by atomic mass is 10.0. The minimum atomic E-state index is -0.527. The van der Waals surface area contributed by atoms with Crippen LogP contribution in [0.2, 0.25) is 0 Å². The van der Waals surface area contributed by atoms with Crippen LogP contribution in [0.5, 0.6) is 5.75 Å². The molecule has 1 aromatic carbocycles. The number of carbonyl (C=O) groups excluding carboxylic acids is 1. The fourth-order valence-electron chi connectivity index (χ4n) is 2.16. The maximum Gasteiger partial charge on any atom is 0.313 e. The van der Waals surface area contributed by atoms with Gasteiger partial charge in [-0.3, -0.25) is 14.9 Å². The van der Waals surface area contributed by atoms with Crippen LogP contribution in [-0.4, -0.2) is 17.4 Å². The number of hydrogen-bond donors (Lipinski definition) is 1. The molecule has 1 aromatic rings. The average molecular weight is 290 g/mol. The van der Waals surface area contributed by atoms with Gasteiger partial charge in [-0.25, -0.2) is 0 Å². The number of nitro groups is 1. The van der Waals surface area contributed by atoms with E-state index in [0.717, 1.165) is 19.3 Å².